The molecular formula is C38H42F5NO6S. The van der Waals surface area contributed by atoms with Crippen molar-refractivity contribution in [2.24, 2.45) is 11.8 Å². The Morgan fingerprint density at radius 2 is 1.53 bits per heavy atom. The summed E-state index contributed by atoms with van der Waals surface area (Å²) in [7, 11) is 0. The molecular weight excluding hydrogens is 693 g/mol. The monoisotopic (exact) mass is 735 g/mol. The van der Waals surface area contributed by atoms with E-state index < -0.39 is 81.5 Å². The summed E-state index contributed by atoms with van der Waals surface area (Å²) < 4.78 is 80.0. The predicted octanol–water partition coefficient (Wildman–Crippen LogP) is 7.22. The Balaban J connectivity index is 1.35. The standard InChI is InChI=1S/C38H42F5NO6S/c1-20-24(15-10-16-27(20)49-23-13-8-5-9-14-23)36(47)44-26(17-21-11-6-4-7-12-21)34(46)33(45)22-18-25(38(2,3)51-19-22)37(48)50-35-31(42)29(40)28(39)30(41)32(35)43/h4,6-7,10-12,15-16,22-23,25-26,33-34,45-46H,5,8-9,13-14,17-19H2,1-3H3,(H,44,47)/t22?,25-,26?,33?,34?/m1/s1. The minimum atomic E-state index is -2.39. The van der Waals surface area contributed by atoms with E-state index in [1.807, 2.05) is 24.3 Å². The van der Waals surface area contributed by atoms with E-state index in [0.29, 0.717) is 16.9 Å². The van der Waals surface area contributed by atoms with Crippen LogP contribution in [0.2, 0.25) is 0 Å². The van der Waals surface area contributed by atoms with Crippen LogP contribution in [-0.2, 0) is 11.2 Å². The summed E-state index contributed by atoms with van der Waals surface area (Å²) >= 11 is 1.21. The van der Waals surface area contributed by atoms with Gasteiger partial charge in [0.1, 0.15) is 11.9 Å². The van der Waals surface area contributed by atoms with Gasteiger partial charge in [-0.3, -0.25) is 9.59 Å². The summed E-state index contributed by atoms with van der Waals surface area (Å²) in [6, 6.07) is 13.2. The third-order valence-corrected chi connectivity index (χ3v) is 11.6. The number of hydrogen-bond donors (Lipinski definition) is 3. The van der Waals surface area contributed by atoms with Gasteiger partial charge in [-0.25, -0.2) is 13.2 Å². The SMILES string of the molecule is Cc1c(OC2CCCCC2)cccc1C(=O)NC(Cc1ccccc1)C(O)C(O)C1CSC(C)(C)[C@@H](C(=O)Oc2c(F)c(F)c(F)c(F)c2F)C1. The Morgan fingerprint density at radius 3 is 2.18 bits per heavy atom. The number of carbonyl (C=O) groups excluding carboxylic acids is 2. The van der Waals surface area contributed by atoms with E-state index in [2.05, 4.69) is 5.32 Å². The minimum absolute atomic E-state index is 0.0640. The molecule has 0 bridgehead atoms. The fourth-order valence-electron chi connectivity index (χ4n) is 6.78. The van der Waals surface area contributed by atoms with Crippen LogP contribution in [0.15, 0.2) is 48.5 Å². The topological polar surface area (TPSA) is 105 Å². The zero-order valence-corrected chi connectivity index (χ0v) is 29.4. The molecule has 13 heteroatoms. The molecule has 1 aliphatic heterocycles. The van der Waals surface area contributed by atoms with E-state index >= 15 is 0 Å². The summed E-state index contributed by atoms with van der Waals surface area (Å²) in [5, 5.41) is 26.1. The molecule has 1 saturated heterocycles. The molecule has 5 atom stereocenters. The van der Waals surface area contributed by atoms with Gasteiger partial charge in [0.15, 0.2) is 0 Å². The first-order valence-electron chi connectivity index (χ1n) is 17.0. The number of benzene rings is 3. The van der Waals surface area contributed by atoms with Crippen molar-refractivity contribution >= 4 is 23.6 Å². The van der Waals surface area contributed by atoms with Gasteiger partial charge >= 0.3 is 5.97 Å². The maximum absolute atomic E-state index is 14.4. The summed E-state index contributed by atoms with van der Waals surface area (Å²) in [6.45, 7) is 5.08. The molecule has 1 aliphatic carbocycles. The highest BCUT2D eigenvalue weighted by atomic mass is 32.2. The van der Waals surface area contributed by atoms with Crippen LogP contribution in [0.25, 0.3) is 0 Å². The number of rotatable bonds is 11. The number of thioether (sulfide) groups is 1. The number of amides is 1. The number of ether oxygens (including phenoxy) is 2. The number of nitrogens with one attached hydrogen (secondary N) is 1. The summed E-state index contributed by atoms with van der Waals surface area (Å²) in [5.41, 5.74) is 1.74. The largest absolute Gasteiger partial charge is 0.490 e. The Hall–Kier alpha value is -3.68. The van der Waals surface area contributed by atoms with E-state index in [-0.39, 0.29) is 24.7 Å². The van der Waals surface area contributed by atoms with Crippen LogP contribution in [0, 0.1) is 47.8 Å². The maximum Gasteiger partial charge on any atom is 0.315 e. The lowest BCUT2D eigenvalue weighted by atomic mass is 9.80. The highest BCUT2D eigenvalue weighted by molar-refractivity contribution is 8.00. The van der Waals surface area contributed by atoms with Crippen molar-refractivity contribution in [2.45, 2.75) is 94.8 Å². The van der Waals surface area contributed by atoms with Gasteiger partial charge in [-0.15, -0.1) is 0 Å². The molecule has 3 aromatic carbocycles. The Morgan fingerprint density at radius 1 is 0.902 bits per heavy atom. The fraction of sp³-hybridized carbons (Fsp3) is 0.474. The van der Waals surface area contributed by atoms with Crippen molar-refractivity contribution in [1.82, 2.24) is 5.32 Å². The molecule has 3 N–H and O–H groups in total. The maximum atomic E-state index is 14.4. The number of carbonyl (C=O) groups is 2. The average Bonchev–Trinajstić information content (AvgIpc) is 3.12. The third kappa shape index (κ3) is 8.69. The smallest absolute Gasteiger partial charge is 0.315 e. The molecule has 3 aromatic rings. The van der Waals surface area contributed by atoms with Crippen molar-refractivity contribution in [3.8, 4) is 11.5 Å². The zero-order valence-electron chi connectivity index (χ0n) is 28.6. The first-order chi connectivity index (χ1) is 24.2. The van der Waals surface area contributed by atoms with Gasteiger partial charge in [0.05, 0.1) is 24.2 Å². The second-order valence-corrected chi connectivity index (χ2v) is 15.5. The first-order valence-corrected chi connectivity index (χ1v) is 18.0. The number of hydrogen-bond acceptors (Lipinski definition) is 7. The predicted molar refractivity (Wildman–Crippen MR) is 182 cm³/mol. The zero-order chi connectivity index (χ0) is 37.0. The van der Waals surface area contributed by atoms with Gasteiger partial charge in [0, 0.05) is 15.9 Å². The van der Waals surface area contributed by atoms with Crippen LogP contribution in [0.1, 0.15) is 73.9 Å². The average molecular weight is 736 g/mol. The number of aliphatic hydroxyl groups is 2. The number of aliphatic hydroxyl groups excluding tert-OH is 2. The van der Waals surface area contributed by atoms with Crippen LogP contribution >= 0.6 is 11.8 Å². The van der Waals surface area contributed by atoms with E-state index in [0.717, 1.165) is 31.2 Å². The Bertz CT molecular complexity index is 1690. The van der Waals surface area contributed by atoms with Crippen molar-refractivity contribution in [2.75, 3.05) is 5.75 Å². The molecule has 0 radical (unpaired) electrons. The molecule has 7 nitrogen and oxygen atoms in total. The van der Waals surface area contributed by atoms with Crippen molar-refractivity contribution in [3.05, 3.63) is 94.3 Å². The molecule has 5 rings (SSSR count). The first kappa shape index (κ1) is 38.5. The van der Waals surface area contributed by atoms with Gasteiger partial charge in [-0.1, -0.05) is 42.8 Å². The van der Waals surface area contributed by atoms with Gasteiger partial charge in [-0.2, -0.15) is 20.5 Å². The highest BCUT2D eigenvalue weighted by Crippen LogP contribution is 2.45. The van der Waals surface area contributed by atoms with Gasteiger partial charge in [-0.05, 0) is 88.7 Å². The molecule has 1 heterocycles. The second kappa shape index (κ2) is 16.3. The highest BCUT2D eigenvalue weighted by Gasteiger charge is 2.47. The molecule has 4 unspecified atom stereocenters. The van der Waals surface area contributed by atoms with Crippen LogP contribution in [0.5, 0.6) is 11.5 Å². The van der Waals surface area contributed by atoms with E-state index in [9.17, 15) is 41.8 Å². The summed E-state index contributed by atoms with van der Waals surface area (Å²) in [4.78, 5) is 27.1. The Labute approximate surface area is 297 Å². The summed E-state index contributed by atoms with van der Waals surface area (Å²) in [6.07, 6.45) is 2.19. The lowest BCUT2D eigenvalue weighted by molar-refractivity contribution is -0.142. The van der Waals surface area contributed by atoms with E-state index in [1.54, 1.807) is 45.0 Å². The van der Waals surface area contributed by atoms with E-state index in [1.165, 1.54) is 18.2 Å². The lowest BCUT2D eigenvalue weighted by Crippen LogP contribution is -2.54. The molecule has 0 spiro atoms. The molecule has 0 aromatic heterocycles. The van der Waals surface area contributed by atoms with Crippen LogP contribution < -0.4 is 14.8 Å². The van der Waals surface area contributed by atoms with E-state index in [4.69, 9.17) is 9.47 Å². The van der Waals surface area contributed by atoms with Gasteiger partial charge in [0.2, 0.25) is 34.8 Å². The van der Waals surface area contributed by atoms with Crippen LogP contribution in [0.4, 0.5) is 22.0 Å². The fourth-order valence-corrected chi connectivity index (χ4v) is 8.15. The van der Waals surface area contributed by atoms with Gasteiger partial charge < -0.3 is 25.0 Å². The van der Waals surface area contributed by atoms with Crippen molar-refractivity contribution in [3.63, 3.8) is 0 Å². The Kier molecular flexibility index (Phi) is 12.3. The molecule has 1 saturated carbocycles. The van der Waals surface area contributed by atoms with Crippen molar-refractivity contribution in [1.29, 1.82) is 0 Å². The summed E-state index contributed by atoms with van der Waals surface area (Å²) in [5.74, 6) is -16.1. The molecule has 51 heavy (non-hydrogen) atoms. The lowest BCUT2D eigenvalue weighted by Gasteiger charge is -2.43. The second-order valence-electron chi connectivity index (χ2n) is 13.8. The number of halogens is 5. The minimum Gasteiger partial charge on any atom is -0.490 e. The third-order valence-electron chi connectivity index (χ3n) is 9.94. The number of esters is 1. The van der Waals surface area contributed by atoms with Crippen molar-refractivity contribution < 1.29 is 51.2 Å². The quantitative estimate of drug-likeness (QED) is 0.0629. The van der Waals surface area contributed by atoms with Crippen LogP contribution in [0.3, 0.4) is 0 Å². The van der Waals surface area contributed by atoms with Gasteiger partial charge in [0.25, 0.3) is 5.91 Å². The molecule has 2 aliphatic rings. The molecule has 276 valence electrons. The van der Waals surface area contributed by atoms with Crippen LogP contribution in [-0.4, -0.2) is 56.9 Å². The molecule has 1 amide bonds. The normalized spacial score (nSPS) is 21.0. The molecule has 2 fully saturated rings.